The number of hydrogen-bond donors (Lipinski definition) is 2. The van der Waals surface area contributed by atoms with Gasteiger partial charge in [-0.05, 0) is 56.2 Å². The van der Waals surface area contributed by atoms with E-state index >= 15 is 0 Å². The number of rotatable bonds is 4. The molecule has 4 nitrogen and oxygen atoms in total. The Morgan fingerprint density at radius 1 is 1.04 bits per heavy atom. The van der Waals surface area contributed by atoms with E-state index in [4.69, 9.17) is 17.0 Å². The van der Waals surface area contributed by atoms with E-state index < -0.39 is 0 Å². The molecule has 0 spiro atoms. The van der Waals surface area contributed by atoms with Crippen molar-refractivity contribution in [2.45, 2.75) is 20.8 Å². The van der Waals surface area contributed by atoms with Crippen LogP contribution in [0.4, 0.5) is 5.69 Å². The number of aryl methyl sites for hydroxylation is 2. The van der Waals surface area contributed by atoms with Gasteiger partial charge in [-0.25, -0.2) is 0 Å². The number of anilines is 1. The van der Waals surface area contributed by atoms with Gasteiger partial charge in [-0.1, -0.05) is 30.3 Å². The van der Waals surface area contributed by atoms with Crippen LogP contribution in [0.5, 0.6) is 5.75 Å². The maximum absolute atomic E-state index is 5.34. The highest BCUT2D eigenvalue weighted by molar-refractivity contribution is 7.80. The van der Waals surface area contributed by atoms with Gasteiger partial charge in [0.05, 0.1) is 12.8 Å². The SMILES string of the molecule is COc1ccccc1/C(C)=N/NC(=S)Nc1c(C)cccc1C. The van der Waals surface area contributed by atoms with E-state index in [9.17, 15) is 0 Å². The van der Waals surface area contributed by atoms with Crippen molar-refractivity contribution in [1.82, 2.24) is 5.43 Å². The highest BCUT2D eigenvalue weighted by Gasteiger charge is 2.06. The third-order valence-corrected chi connectivity index (χ3v) is 3.73. The minimum Gasteiger partial charge on any atom is -0.496 e. The quantitative estimate of drug-likeness (QED) is 0.506. The number of hydrogen-bond acceptors (Lipinski definition) is 3. The van der Waals surface area contributed by atoms with Crippen LogP contribution in [0.15, 0.2) is 47.6 Å². The molecule has 0 aliphatic heterocycles. The van der Waals surface area contributed by atoms with Crippen LogP contribution in [0.3, 0.4) is 0 Å². The number of thiocarbonyl (C=S) groups is 1. The highest BCUT2D eigenvalue weighted by Crippen LogP contribution is 2.19. The summed E-state index contributed by atoms with van der Waals surface area (Å²) in [6.07, 6.45) is 0. The fourth-order valence-corrected chi connectivity index (χ4v) is 2.44. The molecule has 2 N–H and O–H groups in total. The molecular weight excluding hydrogens is 306 g/mol. The minimum atomic E-state index is 0.455. The molecule has 0 fully saturated rings. The average Bonchev–Trinajstić information content (AvgIpc) is 2.56. The first kappa shape index (κ1) is 17.0. The highest BCUT2D eigenvalue weighted by atomic mass is 32.1. The number of nitrogens with zero attached hydrogens (tertiary/aromatic N) is 1. The van der Waals surface area contributed by atoms with E-state index in [1.54, 1.807) is 7.11 Å². The second-order valence-electron chi connectivity index (χ2n) is 5.23. The number of ether oxygens (including phenoxy) is 1. The summed E-state index contributed by atoms with van der Waals surface area (Å²) in [5.74, 6) is 0.782. The number of para-hydroxylation sites is 2. The summed E-state index contributed by atoms with van der Waals surface area (Å²) < 4.78 is 5.34. The van der Waals surface area contributed by atoms with Crippen molar-refractivity contribution in [1.29, 1.82) is 0 Å². The van der Waals surface area contributed by atoms with Crippen LogP contribution >= 0.6 is 12.2 Å². The Hall–Kier alpha value is -2.40. The van der Waals surface area contributed by atoms with Gasteiger partial charge in [0.15, 0.2) is 5.11 Å². The van der Waals surface area contributed by atoms with Gasteiger partial charge in [0.1, 0.15) is 5.75 Å². The standard InChI is InChI=1S/C18H21N3OS/c1-12-8-7-9-13(2)17(12)19-18(23)21-20-14(3)15-10-5-6-11-16(15)22-4/h5-11H,1-4H3,(H2,19,21,23)/b20-14+. The molecular formula is C18H21N3OS. The summed E-state index contributed by atoms with van der Waals surface area (Å²) in [6.45, 7) is 6.00. The Labute approximate surface area is 142 Å². The third kappa shape index (κ3) is 4.29. The molecule has 0 aromatic heterocycles. The lowest BCUT2D eigenvalue weighted by Crippen LogP contribution is -2.25. The summed E-state index contributed by atoms with van der Waals surface area (Å²) in [4.78, 5) is 0. The van der Waals surface area contributed by atoms with Crippen LogP contribution in [-0.2, 0) is 0 Å². The zero-order chi connectivity index (χ0) is 16.8. The first-order valence-corrected chi connectivity index (χ1v) is 7.74. The van der Waals surface area contributed by atoms with E-state index in [0.29, 0.717) is 5.11 Å². The maximum atomic E-state index is 5.34. The molecule has 23 heavy (non-hydrogen) atoms. The molecule has 0 aliphatic rings. The number of hydrazone groups is 1. The van der Waals surface area contributed by atoms with Crippen molar-refractivity contribution in [3.8, 4) is 5.75 Å². The zero-order valence-corrected chi connectivity index (χ0v) is 14.6. The molecule has 0 aliphatic carbocycles. The molecule has 0 saturated carbocycles. The van der Waals surface area contributed by atoms with Crippen molar-refractivity contribution in [2.24, 2.45) is 5.10 Å². The Morgan fingerprint density at radius 2 is 1.70 bits per heavy atom. The van der Waals surface area contributed by atoms with E-state index in [1.807, 2.05) is 63.2 Å². The Morgan fingerprint density at radius 3 is 2.35 bits per heavy atom. The van der Waals surface area contributed by atoms with Gasteiger partial charge in [0, 0.05) is 11.3 Å². The largest absolute Gasteiger partial charge is 0.496 e. The molecule has 0 saturated heterocycles. The lowest BCUT2D eigenvalue weighted by molar-refractivity contribution is 0.414. The first-order chi connectivity index (χ1) is 11.0. The van der Waals surface area contributed by atoms with E-state index in [-0.39, 0.29) is 0 Å². The van der Waals surface area contributed by atoms with Crippen molar-refractivity contribution in [2.75, 3.05) is 12.4 Å². The molecule has 5 heteroatoms. The monoisotopic (exact) mass is 327 g/mol. The summed E-state index contributed by atoms with van der Waals surface area (Å²) >= 11 is 5.32. The Bertz CT molecular complexity index is 721. The number of benzene rings is 2. The summed E-state index contributed by atoms with van der Waals surface area (Å²) in [5, 5.41) is 7.99. The van der Waals surface area contributed by atoms with Gasteiger partial charge in [-0.3, -0.25) is 5.43 Å². The smallest absolute Gasteiger partial charge is 0.191 e. The van der Waals surface area contributed by atoms with Crippen LogP contribution in [0.25, 0.3) is 0 Å². The molecule has 0 radical (unpaired) electrons. The molecule has 0 amide bonds. The fraction of sp³-hybridized carbons (Fsp3) is 0.222. The molecule has 0 bridgehead atoms. The molecule has 0 heterocycles. The Kier molecular flexibility index (Phi) is 5.71. The van der Waals surface area contributed by atoms with Crippen LogP contribution < -0.4 is 15.5 Å². The predicted molar refractivity (Wildman–Crippen MR) is 100 cm³/mol. The van der Waals surface area contributed by atoms with Gasteiger partial charge < -0.3 is 10.1 Å². The second-order valence-corrected chi connectivity index (χ2v) is 5.64. The van der Waals surface area contributed by atoms with Crippen molar-refractivity contribution < 1.29 is 4.74 Å². The molecule has 2 aromatic rings. The van der Waals surface area contributed by atoms with Crippen LogP contribution in [0, 0.1) is 13.8 Å². The normalized spacial score (nSPS) is 11.0. The van der Waals surface area contributed by atoms with Crippen LogP contribution in [0.2, 0.25) is 0 Å². The topological polar surface area (TPSA) is 45.6 Å². The maximum Gasteiger partial charge on any atom is 0.191 e. The lowest BCUT2D eigenvalue weighted by atomic mass is 10.1. The summed E-state index contributed by atoms with van der Waals surface area (Å²) in [7, 11) is 1.65. The fourth-order valence-electron chi connectivity index (χ4n) is 2.29. The van der Waals surface area contributed by atoms with Gasteiger partial charge in [0.2, 0.25) is 0 Å². The zero-order valence-electron chi connectivity index (χ0n) is 13.8. The Balaban J connectivity index is 2.09. The van der Waals surface area contributed by atoms with Gasteiger partial charge >= 0.3 is 0 Å². The summed E-state index contributed by atoms with van der Waals surface area (Å²) in [5.41, 5.74) is 7.90. The average molecular weight is 327 g/mol. The van der Waals surface area contributed by atoms with Crippen molar-refractivity contribution in [3.63, 3.8) is 0 Å². The first-order valence-electron chi connectivity index (χ1n) is 7.34. The van der Waals surface area contributed by atoms with E-state index in [2.05, 4.69) is 15.8 Å². The van der Waals surface area contributed by atoms with Crippen molar-refractivity contribution in [3.05, 3.63) is 59.2 Å². The van der Waals surface area contributed by atoms with Gasteiger partial charge in [0.25, 0.3) is 0 Å². The predicted octanol–water partition coefficient (Wildman–Crippen LogP) is 4.02. The van der Waals surface area contributed by atoms with Crippen LogP contribution in [0.1, 0.15) is 23.6 Å². The van der Waals surface area contributed by atoms with Crippen molar-refractivity contribution >= 4 is 28.7 Å². The molecule has 0 atom stereocenters. The van der Waals surface area contributed by atoms with Crippen LogP contribution in [-0.4, -0.2) is 17.9 Å². The van der Waals surface area contributed by atoms with Gasteiger partial charge in [-0.15, -0.1) is 0 Å². The molecule has 120 valence electrons. The molecule has 2 aromatic carbocycles. The summed E-state index contributed by atoms with van der Waals surface area (Å²) in [6, 6.07) is 13.8. The second kappa shape index (κ2) is 7.74. The molecule has 2 rings (SSSR count). The lowest BCUT2D eigenvalue weighted by Gasteiger charge is -2.13. The van der Waals surface area contributed by atoms with E-state index in [1.165, 1.54) is 0 Å². The van der Waals surface area contributed by atoms with E-state index in [0.717, 1.165) is 33.8 Å². The third-order valence-electron chi connectivity index (χ3n) is 3.54. The number of nitrogens with one attached hydrogen (secondary N) is 2. The molecule has 0 unspecified atom stereocenters. The minimum absolute atomic E-state index is 0.455. The number of methoxy groups -OCH3 is 1. The van der Waals surface area contributed by atoms with Gasteiger partial charge in [-0.2, -0.15) is 5.10 Å².